The molecule has 4 bridgehead atoms. The van der Waals surface area contributed by atoms with Gasteiger partial charge in [-0.1, -0.05) is 103 Å². The van der Waals surface area contributed by atoms with E-state index in [0.29, 0.717) is 11.8 Å². The second-order valence-corrected chi connectivity index (χ2v) is 17.3. The smallest absolute Gasteiger partial charge is 0.252 e. The third kappa shape index (κ3) is 4.04. The Balaban J connectivity index is 1.08. The Kier molecular flexibility index (Phi) is 6.43. The fourth-order valence-corrected chi connectivity index (χ4v) is 13.1. The van der Waals surface area contributed by atoms with Gasteiger partial charge in [-0.25, -0.2) is 0 Å². The molecular formula is C52H42BN3. The Morgan fingerprint density at radius 3 is 1.71 bits per heavy atom. The molecule has 0 N–H and O–H groups in total. The minimum atomic E-state index is 0.0737. The van der Waals surface area contributed by atoms with Crippen LogP contribution in [0.3, 0.4) is 0 Å². The van der Waals surface area contributed by atoms with Gasteiger partial charge in [0, 0.05) is 50.9 Å². The van der Waals surface area contributed by atoms with E-state index in [0.717, 1.165) is 28.9 Å². The number of rotatable bonds is 4. The van der Waals surface area contributed by atoms with Crippen LogP contribution in [0.4, 0.5) is 51.2 Å². The van der Waals surface area contributed by atoms with E-state index in [2.05, 4.69) is 185 Å². The molecular weight excluding hydrogens is 677 g/mol. The van der Waals surface area contributed by atoms with Crippen molar-refractivity contribution in [3.8, 4) is 0 Å². The first-order valence-electron chi connectivity index (χ1n) is 20.8. The number of anilines is 9. The van der Waals surface area contributed by atoms with Crippen molar-refractivity contribution in [2.24, 2.45) is 23.7 Å². The average Bonchev–Trinajstić information content (AvgIpc) is 3.25. The van der Waals surface area contributed by atoms with E-state index in [1.165, 1.54) is 82.6 Å². The maximum Gasteiger partial charge on any atom is 0.252 e. The molecule has 4 heteroatoms. The average molecular weight is 720 g/mol. The highest BCUT2D eigenvalue weighted by atomic mass is 15.2. The lowest BCUT2D eigenvalue weighted by Gasteiger charge is -2.64. The highest BCUT2D eigenvalue weighted by molar-refractivity contribution is 7.00. The van der Waals surface area contributed by atoms with E-state index in [9.17, 15) is 0 Å². The predicted molar refractivity (Wildman–Crippen MR) is 233 cm³/mol. The molecule has 3 heterocycles. The Morgan fingerprint density at radius 1 is 0.446 bits per heavy atom. The summed E-state index contributed by atoms with van der Waals surface area (Å²) in [6.45, 7) is 0.109. The molecule has 0 unspecified atom stereocenters. The van der Waals surface area contributed by atoms with Gasteiger partial charge in [0.05, 0.1) is 5.69 Å². The molecule has 3 aliphatic heterocycles. The van der Waals surface area contributed by atoms with Crippen LogP contribution in [0.5, 0.6) is 0 Å². The van der Waals surface area contributed by atoms with Crippen molar-refractivity contribution in [1.29, 1.82) is 0 Å². The number of benzene rings is 7. The molecule has 14 rings (SSSR count). The second kappa shape index (κ2) is 11.5. The number of fused-ring (bicyclic) bond motifs is 6. The molecule has 4 aliphatic carbocycles. The molecule has 3 nitrogen and oxygen atoms in total. The molecule has 7 aliphatic rings. The van der Waals surface area contributed by atoms with Crippen molar-refractivity contribution in [3.63, 3.8) is 0 Å². The summed E-state index contributed by atoms with van der Waals surface area (Å²) in [5.74, 6) is 3.23. The molecule has 0 saturated heterocycles. The maximum absolute atomic E-state index is 2.70. The van der Waals surface area contributed by atoms with E-state index in [1.54, 1.807) is 11.1 Å². The van der Waals surface area contributed by atoms with E-state index in [1.807, 2.05) is 0 Å². The van der Waals surface area contributed by atoms with Gasteiger partial charge in [0.2, 0.25) is 0 Å². The molecule has 7 aromatic carbocycles. The summed E-state index contributed by atoms with van der Waals surface area (Å²) in [4.78, 5) is 7.63. The summed E-state index contributed by atoms with van der Waals surface area (Å²) in [5, 5.41) is 0. The van der Waals surface area contributed by atoms with Crippen LogP contribution in [-0.4, -0.2) is 6.71 Å². The summed E-state index contributed by atoms with van der Waals surface area (Å²) < 4.78 is 0. The van der Waals surface area contributed by atoms with Crippen LogP contribution in [0.25, 0.3) is 0 Å². The molecule has 0 atom stereocenters. The zero-order valence-electron chi connectivity index (χ0n) is 31.4. The van der Waals surface area contributed by atoms with Crippen LogP contribution < -0.4 is 31.1 Å². The summed E-state index contributed by atoms with van der Waals surface area (Å²) in [7, 11) is 0. The molecule has 4 saturated carbocycles. The Hall–Kier alpha value is -6.00. The van der Waals surface area contributed by atoms with Crippen LogP contribution in [-0.2, 0) is 5.41 Å². The predicted octanol–water partition coefficient (Wildman–Crippen LogP) is 11.3. The molecule has 0 aromatic heterocycles. The number of nitrogens with zero attached hydrogens (tertiary/aromatic N) is 3. The lowest BCUT2D eigenvalue weighted by Crippen LogP contribution is -2.64. The van der Waals surface area contributed by atoms with Crippen molar-refractivity contribution in [2.75, 3.05) is 14.7 Å². The highest BCUT2D eigenvalue weighted by Crippen LogP contribution is 2.69. The number of hydrogen-bond donors (Lipinski definition) is 0. The summed E-state index contributed by atoms with van der Waals surface area (Å²) in [5.41, 5.74) is 18.8. The van der Waals surface area contributed by atoms with Gasteiger partial charge >= 0.3 is 0 Å². The normalized spacial score (nSPS) is 24.0. The summed E-state index contributed by atoms with van der Waals surface area (Å²) in [6.07, 6.45) is 6.99. The largest absolute Gasteiger partial charge is 0.311 e. The van der Waals surface area contributed by atoms with Crippen molar-refractivity contribution in [3.05, 3.63) is 181 Å². The number of hydrogen-bond acceptors (Lipinski definition) is 3. The van der Waals surface area contributed by atoms with Crippen LogP contribution >= 0.6 is 0 Å². The van der Waals surface area contributed by atoms with Gasteiger partial charge in [-0.3, -0.25) is 0 Å². The summed E-state index contributed by atoms with van der Waals surface area (Å²) in [6, 6.07) is 64.0. The lowest BCUT2D eigenvalue weighted by atomic mass is 9.32. The van der Waals surface area contributed by atoms with Gasteiger partial charge in [0.25, 0.3) is 6.71 Å². The van der Waals surface area contributed by atoms with Crippen LogP contribution in [0, 0.1) is 23.7 Å². The van der Waals surface area contributed by atoms with Crippen molar-refractivity contribution in [1.82, 2.24) is 0 Å². The van der Waals surface area contributed by atoms with E-state index >= 15 is 0 Å². The Labute approximate surface area is 329 Å². The van der Waals surface area contributed by atoms with Crippen molar-refractivity contribution < 1.29 is 0 Å². The molecule has 7 aromatic rings. The van der Waals surface area contributed by atoms with Gasteiger partial charge in [-0.15, -0.1) is 0 Å². The SMILES string of the molecule is c1ccc(N(c2ccccc2)c2ccc3c(c2)N(c2ccccc2)c2cccc4c2B3c2cccc3c2N4c2ccccc2C32C3CC4CC(C3)CC2C4)cc1. The van der Waals surface area contributed by atoms with Crippen LogP contribution in [0.1, 0.15) is 43.2 Å². The molecule has 1 spiro atoms. The highest BCUT2D eigenvalue weighted by Gasteiger charge is 2.62. The first-order chi connectivity index (χ1) is 27.8. The lowest BCUT2D eigenvalue weighted by molar-refractivity contribution is -0.0419. The monoisotopic (exact) mass is 719 g/mol. The van der Waals surface area contributed by atoms with Crippen LogP contribution in [0.15, 0.2) is 170 Å². The number of para-hydroxylation sites is 5. The summed E-state index contributed by atoms with van der Waals surface area (Å²) >= 11 is 0. The standard InChI is InChI=1S/C52H42BN3/c1-4-14-38(15-5-1)54(39-16-6-2-7-17-39)41-26-27-44-49(33-41)55(40-18-8-3-9-19-40)47-24-13-25-48-50(47)53(44)45-22-12-21-43-51(45)56(48)46-23-11-10-20-42(46)52(43)36-29-34-28-35(31-36)32-37(52)30-34/h1-27,33-37H,28-32H2. The Bertz CT molecular complexity index is 2620. The molecule has 4 fully saturated rings. The van der Waals surface area contributed by atoms with Crippen molar-refractivity contribution in [2.45, 2.75) is 37.5 Å². The van der Waals surface area contributed by atoms with Crippen molar-refractivity contribution >= 4 is 74.3 Å². The minimum Gasteiger partial charge on any atom is -0.311 e. The molecule has 56 heavy (non-hydrogen) atoms. The fourth-order valence-electron chi connectivity index (χ4n) is 13.1. The van der Waals surface area contributed by atoms with E-state index < -0.39 is 0 Å². The van der Waals surface area contributed by atoms with E-state index in [-0.39, 0.29) is 12.1 Å². The zero-order valence-corrected chi connectivity index (χ0v) is 31.4. The zero-order chi connectivity index (χ0) is 36.5. The molecule has 268 valence electrons. The first-order valence-corrected chi connectivity index (χ1v) is 20.8. The topological polar surface area (TPSA) is 9.72 Å². The molecule has 0 radical (unpaired) electrons. The molecule has 0 amide bonds. The van der Waals surface area contributed by atoms with Gasteiger partial charge in [0.15, 0.2) is 0 Å². The third-order valence-electron chi connectivity index (χ3n) is 14.8. The fraction of sp³-hybridized carbons (Fsp3) is 0.192. The minimum absolute atomic E-state index is 0.0737. The Morgan fingerprint density at radius 2 is 1.02 bits per heavy atom. The van der Waals surface area contributed by atoms with Gasteiger partial charge in [-0.2, -0.15) is 0 Å². The van der Waals surface area contributed by atoms with Gasteiger partial charge < -0.3 is 14.7 Å². The van der Waals surface area contributed by atoms with Gasteiger partial charge in [-0.05, 0) is 150 Å². The van der Waals surface area contributed by atoms with E-state index in [4.69, 9.17) is 0 Å². The maximum atomic E-state index is 2.70. The third-order valence-corrected chi connectivity index (χ3v) is 14.8. The quantitative estimate of drug-likeness (QED) is 0.168. The van der Waals surface area contributed by atoms with Gasteiger partial charge in [0.1, 0.15) is 0 Å². The second-order valence-electron chi connectivity index (χ2n) is 17.3. The van der Waals surface area contributed by atoms with Crippen LogP contribution in [0.2, 0.25) is 0 Å². The first kappa shape index (κ1) is 31.2.